The Bertz CT molecular complexity index is 353. The van der Waals surface area contributed by atoms with Crippen LogP contribution in [0.15, 0.2) is 40.9 Å². The van der Waals surface area contributed by atoms with Crippen molar-refractivity contribution in [1.82, 2.24) is 4.90 Å². The minimum Gasteiger partial charge on any atom is -0.287 e. The zero-order chi connectivity index (χ0) is 10.8. The van der Waals surface area contributed by atoms with E-state index in [4.69, 9.17) is 0 Å². The average molecular weight is 266 g/mol. The second kappa shape index (κ2) is 4.50. The van der Waals surface area contributed by atoms with Gasteiger partial charge < -0.3 is 0 Å². The number of rotatable bonds is 2. The van der Waals surface area contributed by atoms with Crippen LogP contribution in [0.1, 0.15) is 25.5 Å². The van der Waals surface area contributed by atoms with Gasteiger partial charge in [0.1, 0.15) is 0 Å². The van der Waals surface area contributed by atoms with Gasteiger partial charge in [0.25, 0.3) is 0 Å². The van der Waals surface area contributed by atoms with Crippen LogP contribution in [0.25, 0.3) is 0 Å². The van der Waals surface area contributed by atoms with Gasteiger partial charge in [-0.2, -0.15) is 0 Å². The molecule has 0 bridgehead atoms. The van der Waals surface area contributed by atoms with Crippen LogP contribution in [-0.4, -0.2) is 17.5 Å². The third-order valence-electron chi connectivity index (χ3n) is 2.87. The first-order valence-corrected chi connectivity index (χ1v) is 6.15. The Morgan fingerprint density at radius 3 is 2.53 bits per heavy atom. The Morgan fingerprint density at radius 1 is 1.27 bits per heavy atom. The molecule has 0 saturated carbocycles. The Kier molecular flexibility index (Phi) is 3.27. The van der Waals surface area contributed by atoms with E-state index in [0.717, 1.165) is 11.0 Å². The van der Waals surface area contributed by atoms with Crippen molar-refractivity contribution in [2.24, 2.45) is 0 Å². The normalized spacial score (nSPS) is 21.5. The van der Waals surface area contributed by atoms with Gasteiger partial charge in [0.2, 0.25) is 0 Å². The molecule has 0 saturated heterocycles. The van der Waals surface area contributed by atoms with Crippen molar-refractivity contribution in [3.8, 4) is 0 Å². The van der Waals surface area contributed by atoms with Crippen LogP contribution < -0.4 is 0 Å². The molecule has 2 heteroatoms. The summed E-state index contributed by atoms with van der Waals surface area (Å²) in [5.74, 6) is 0. The molecule has 1 nitrogen and oxygen atoms in total. The first-order chi connectivity index (χ1) is 7.18. The van der Waals surface area contributed by atoms with Gasteiger partial charge in [-0.3, -0.25) is 4.90 Å². The fourth-order valence-corrected chi connectivity index (χ4v) is 2.29. The molecule has 2 rings (SSSR count). The Hall–Kier alpha value is -0.600. The van der Waals surface area contributed by atoms with E-state index < -0.39 is 0 Å². The monoisotopic (exact) mass is 265 g/mol. The number of nitrogens with zero attached hydrogens (tertiary/aromatic N) is 1. The highest BCUT2D eigenvalue weighted by atomic mass is 79.9. The summed E-state index contributed by atoms with van der Waals surface area (Å²) in [7, 11) is 0. The summed E-state index contributed by atoms with van der Waals surface area (Å²) >= 11 is 3.47. The van der Waals surface area contributed by atoms with Crippen molar-refractivity contribution in [3.05, 3.63) is 46.5 Å². The summed E-state index contributed by atoms with van der Waals surface area (Å²) in [6.07, 6.45) is 4.55. The smallest absolute Gasteiger partial charge is 0.0537 e. The van der Waals surface area contributed by atoms with Crippen LogP contribution in [-0.2, 0) is 0 Å². The first kappa shape index (κ1) is 10.9. The molecular weight excluding hydrogens is 250 g/mol. The highest BCUT2D eigenvalue weighted by molar-refractivity contribution is 9.10. The Labute approximate surface area is 99.9 Å². The largest absolute Gasteiger partial charge is 0.287 e. The SMILES string of the molecule is CC(C)N1CC=CC1c1ccc(Br)cc1. The molecule has 0 amide bonds. The number of benzene rings is 1. The molecule has 0 N–H and O–H groups in total. The summed E-state index contributed by atoms with van der Waals surface area (Å²) in [4.78, 5) is 2.49. The van der Waals surface area contributed by atoms with E-state index in [9.17, 15) is 0 Å². The molecule has 1 aliphatic heterocycles. The summed E-state index contributed by atoms with van der Waals surface area (Å²) in [5.41, 5.74) is 1.38. The Morgan fingerprint density at radius 2 is 1.93 bits per heavy atom. The summed E-state index contributed by atoms with van der Waals surface area (Å²) < 4.78 is 1.14. The molecule has 0 spiro atoms. The maximum Gasteiger partial charge on any atom is 0.0537 e. The molecule has 80 valence electrons. The lowest BCUT2D eigenvalue weighted by molar-refractivity contribution is 0.221. The van der Waals surface area contributed by atoms with Crippen molar-refractivity contribution in [2.75, 3.05) is 6.54 Å². The highest BCUT2D eigenvalue weighted by Crippen LogP contribution is 2.29. The van der Waals surface area contributed by atoms with Gasteiger partial charge in [-0.05, 0) is 31.5 Å². The van der Waals surface area contributed by atoms with Crippen LogP contribution in [0.4, 0.5) is 0 Å². The van der Waals surface area contributed by atoms with E-state index in [-0.39, 0.29) is 0 Å². The van der Waals surface area contributed by atoms with Gasteiger partial charge in [0.05, 0.1) is 6.04 Å². The zero-order valence-electron chi connectivity index (χ0n) is 9.15. The fourth-order valence-electron chi connectivity index (χ4n) is 2.03. The average Bonchev–Trinajstić information content (AvgIpc) is 2.67. The van der Waals surface area contributed by atoms with Crippen molar-refractivity contribution in [2.45, 2.75) is 25.9 Å². The van der Waals surface area contributed by atoms with Crippen molar-refractivity contribution < 1.29 is 0 Å². The van der Waals surface area contributed by atoms with Crippen LogP contribution in [0, 0.1) is 0 Å². The molecule has 1 unspecified atom stereocenters. The molecule has 1 aromatic carbocycles. The van der Waals surface area contributed by atoms with Crippen LogP contribution >= 0.6 is 15.9 Å². The molecule has 0 radical (unpaired) electrons. The molecule has 1 aromatic rings. The van der Waals surface area contributed by atoms with E-state index in [0.29, 0.717) is 12.1 Å². The molecule has 1 aliphatic rings. The van der Waals surface area contributed by atoms with Gasteiger partial charge in [0, 0.05) is 17.1 Å². The molecule has 0 fully saturated rings. The van der Waals surface area contributed by atoms with Gasteiger partial charge in [-0.25, -0.2) is 0 Å². The topological polar surface area (TPSA) is 3.24 Å². The summed E-state index contributed by atoms with van der Waals surface area (Å²) in [6, 6.07) is 9.66. The maximum absolute atomic E-state index is 3.47. The summed E-state index contributed by atoms with van der Waals surface area (Å²) in [5, 5.41) is 0. The lowest BCUT2D eigenvalue weighted by Gasteiger charge is -2.28. The number of halogens is 1. The van der Waals surface area contributed by atoms with E-state index in [2.05, 4.69) is 71.1 Å². The lowest BCUT2D eigenvalue weighted by Crippen LogP contribution is -2.30. The van der Waals surface area contributed by atoms with Crippen molar-refractivity contribution >= 4 is 15.9 Å². The van der Waals surface area contributed by atoms with E-state index >= 15 is 0 Å². The predicted molar refractivity (Wildman–Crippen MR) is 67.9 cm³/mol. The zero-order valence-corrected chi connectivity index (χ0v) is 10.7. The molecule has 1 atom stereocenters. The van der Waals surface area contributed by atoms with Crippen molar-refractivity contribution in [3.63, 3.8) is 0 Å². The van der Waals surface area contributed by atoms with E-state index in [1.54, 1.807) is 0 Å². The van der Waals surface area contributed by atoms with Crippen LogP contribution in [0.3, 0.4) is 0 Å². The minimum atomic E-state index is 0.457. The first-order valence-electron chi connectivity index (χ1n) is 5.36. The fraction of sp³-hybridized carbons (Fsp3) is 0.385. The van der Waals surface area contributed by atoms with Gasteiger partial charge in [0.15, 0.2) is 0 Å². The maximum atomic E-state index is 3.47. The molecular formula is C13H16BrN. The second-order valence-electron chi connectivity index (χ2n) is 4.22. The Balaban J connectivity index is 2.22. The molecule has 0 aliphatic carbocycles. The molecule has 15 heavy (non-hydrogen) atoms. The van der Waals surface area contributed by atoms with Crippen LogP contribution in [0.5, 0.6) is 0 Å². The minimum absolute atomic E-state index is 0.457. The molecule has 1 heterocycles. The van der Waals surface area contributed by atoms with Gasteiger partial charge >= 0.3 is 0 Å². The van der Waals surface area contributed by atoms with Crippen LogP contribution in [0.2, 0.25) is 0 Å². The molecule has 0 aromatic heterocycles. The number of hydrogen-bond donors (Lipinski definition) is 0. The van der Waals surface area contributed by atoms with E-state index in [1.807, 2.05) is 0 Å². The highest BCUT2D eigenvalue weighted by Gasteiger charge is 2.23. The summed E-state index contributed by atoms with van der Waals surface area (Å²) in [6.45, 7) is 5.57. The third kappa shape index (κ3) is 2.32. The lowest BCUT2D eigenvalue weighted by atomic mass is 10.1. The van der Waals surface area contributed by atoms with Gasteiger partial charge in [-0.1, -0.05) is 40.2 Å². The predicted octanol–water partition coefficient (Wildman–Crippen LogP) is 3.77. The van der Waals surface area contributed by atoms with Gasteiger partial charge in [-0.15, -0.1) is 0 Å². The second-order valence-corrected chi connectivity index (χ2v) is 5.13. The quantitative estimate of drug-likeness (QED) is 0.736. The third-order valence-corrected chi connectivity index (χ3v) is 3.40. The van der Waals surface area contributed by atoms with Crippen molar-refractivity contribution in [1.29, 1.82) is 0 Å². The van der Waals surface area contributed by atoms with E-state index in [1.165, 1.54) is 5.56 Å². The standard InChI is InChI=1S/C13H16BrN/c1-10(2)15-9-3-4-13(15)11-5-7-12(14)8-6-11/h3-8,10,13H,9H2,1-2H3. The number of hydrogen-bond acceptors (Lipinski definition) is 1.